The highest BCUT2D eigenvalue weighted by molar-refractivity contribution is 7.18. The standard InChI is InChI=1S/C17H20N4O7S/c1-5-27-16(23)12-9(3)13(17(24)28-6-2)29-15(12)19-14(22)10(4)20-8-11(7-18-20)21(25)26/h7-8,10H,5-6H2,1-4H3,(H,19,22). The number of amides is 1. The summed E-state index contributed by atoms with van der Waals surface area (Å²) < 4.78 is 11.2. The Hall–Kier alpha value is -3.28. The van der Waals surface area contributed by atoms with Crippen LogP contribution in [0.2, 0.25) is 0 Å². The van der Waals surface area contributed by atoms with Crippen LogP contribution in [0.4, 0.5) is 10.7 Å². The lowest BCUT2D eigenvalue weighted by Gasteiger charge is -2.12. The monoisotopic (exact) mass is 424 g/mol. The maximum absolute atomic E-state index is 12.6. The van der Waals surface area contributed by atoms with Gasteiger partial charge in [0.2, 0.25) is 5.91 Å². The Balaban J connectivity index is 2.34. The summed E-state index contributed by atoms with van der Waals surface area (Å²) in [5.74, 6) is -1.88. The highest BCUT2D eigenvalue weighted by Gasteiger charge is 2.29. The van der Waals surface area contributed by atoms with Crippen LogP contribution in [0.3, 0.4) is 0 Å². The zero-order valence-electron chi connectivity index (χ0n) is 16.3. The van der Waals surface area contributed by atoms with Crippen molar-refractivity contribution in [2.75, 3.05) is 18.5 Å². The van der Waals surface area contributed by atoms with E-state index in [0.29, 0.717) is 5.56 Å². The molecule has 0 saturated carbocycles. The van der Waals surface area contributed by atoms with Gasteiger partial charge in [0, 0.05) is 0 Å². The fraction of sp³-hybridized carbons (Fsp3) is 0.412. The molecule has 0 aromatic carbocycles. The van der Waals surface area contributed by atoms with Crippen molar-refractivity contribution in [3.05, 3.63) is 38.5 Å². The van der Waals surface area contributed by atoms with Gasteiger partial charge >= 0.3 is 17.6 Å². The van der Waals surface area contributed by atoms with Gasteiger partial charge in [-0.15, -0.1) is 11.3 Å². The first-order chi connectivity index (χ1) is 13.7. The molecule has 0 aliphatic carbocycles. The molecule has 0 aliphatic rings. The zero-order valence-corrected chi connectivity index (χ0v) is 17.1. The molecule has 1 N–H and O–H groups in total. The van der Waals surface area contributed by atoms with Crippen LogP contribution in [0.15, 0.2) is 12.4 Å². The first kappa shape index (κ1) is 22.0. The molecule has 0 spiro atoms. The summed E-state index contributed by atoms with van der Waals surface area (Å²) in [6, 6.07) is -0.910. The van der Waals surface area contributed by atoms with E-state index in [1.165, 1.54) is 6.92 Å². The van der Waals surface area contributed by atoms with E-state index in [4.69, 9.17) is 9.47 Å². The van der Waals surface area contributed by atoms with Crippen molar-refractivity contribution in [2.45, 2.75) is 33.7 Å². The van der Waals surface area contributed by atoms with Crippen LogP contribution < -0.4 is 5.32 Å². The molecule has 1 unspecified atom stereocenters. The lowest BCUT2D eigenvalue weighted by molar-refractivity contribution is -0.385. The Morgan fingerprint density at radius 3 is 2.45 bits per heavy atom. The van der Waals surface area contributed by atoms with Crippen LogP contribution in [0, 0.1) is 17.0 Å². The summed E-state index contributed by atoms with van der Waals surface area (Å²) in [5, 5.41) is 17.3. The Kier molecular flexibility index (Phi) is 7.04. The number of nitrogens with one attached hydrogen (secondary N) is 1. The molecule has 2 aromatic heterocycles. The van der Waals surface area contributed by atoms with Crippen LogP contribution in [0.5, 0.6) is 0 Å². The normalized spacial score (nSPS) is 11.6. The molecule has 0 saturated heterocycles. The molecular weight excluding hydrogens is 404 g/mol. The second-order valence-electron chi connectivity index (χ2n) is 5.80. The minimum absolute atomic E-state index is 0.0619. The smallest absolute Gasteiger partial charge is 0.348 e. The van der Waals surface area contributed by atoms with Crippen molar-refractivity contribution in [1.29, 1.82) is 0 Å². The highest BCUT2D eigenvalue weighted by Crippen LogP contribution is 2.35. The predicted octanol–water partition coefficient (Wildman–Crippen LogP) is 2.71. The summed E-state index contributed by atoms with van der Waals surface area (Å²) in [4.78, 5) is 47.5. The van der Waals surface area contributed by atoms with Crippen LogP contribution >= 0.6 is 11.3 Å². The number of hydrogen-bond donors (Lipinski definition) is 1. The number of nitrogens with zero attached hydrogens (tertiary/aromatic N) is 3. The maximum Gasteiger partial charge on any atom is 0.348 e. The summed E-state index contributed by atoms with van der Waals surface area (Å²) in [6.45, 7) is 6.61. The van der Waals surface area contributed by atoms with E-state index in [-0.39, 0.29) is 34.3 Å². The molecule has 0 radical (unpaired) electrons. The molecule has 1 amide bonds. The molecule has 12 heteroatoms. The van der Waals surface area contributed by atoms with Crippen LogP contribution in [0.1, 0.15) is 52.4 Å². The Labute approximate surface area is 169 Å². The molecule has 2 aromatic rings. The van der Waals surface area contributed by atoms with Gasteiger partial charge in [-0.25, -0.2) is 9.59 Å². The van der Waals surface area contributed by atoms with E-state index in [1.807, 2.05) is 0 Å². The van der Waals surface area contributed by atoms with Gasteiger partial charge < -0.3 is 14.8 Å². The number of esters is 2. The predicted molar refractivity (Wildman–Crippen MR) is 103 cm³/mol. The Bertz CT molecular complexity index is 950. The van der Waals surface area contributed by atoms with Crippen LogP contribution in [-0.2, 0) is 14.3 Å². The van der Waals surface area contributed by atoms with Crippen molar-refractivity contribution >= 4 is 39.9 Å². The van der Waals surface area contributed by atoms with Crippen molar-refractivity contribution in [3.8, 4) is 0 Å². The van der Waals surface area contributed by atoms with Crippen LogP contribution in [-0.4, -0.2) is 45.8 Å². The van der Waals surface area contributed by atoms with E-state index in [1.54, 1.807) is 20.8 Å². The number of ether oxygens (including phenoxy) is 2. The van der Waals surface area contributed by atoms with Crippen LogP contribution in [0.25, 0.3) is 0 Å². The Morgan fingerprint density at radius 2 is 1.90 bits per heavy atom. The molecule has 29 heavy (non-hydrogen) atoms. The lowest BCUT2D eigenvalue weighted by atomic mass is 10.1. The number of rotatable bonds is 8. The molecular formula is C17H20N4O7S. The summed E-state index contributed by atoms with van der Waals surface area (Å²) >= 11 is 0.894. The van der Waals surface area contributed by atoms with Gasteiger partial charge in [-0.05, 0) is 33.3 Å². The minimum Gasteiger partial charge on any atom is -0.462 e. The van der Waals surface area contributed by atoms with E-state index in [2.05, 4.69) is 10.4 Å². The second-order valence-corrected chi connectivity index (χ2v) is 6.82. The number of carbonyl (C=O) groups is 3. The lowest BCUT2D eigenvalue weighted by Crippen LogP contribution is -2.24. The average molecular weight is 424 g/mol. The third-order valence-electron chi connectivity index (χ3n) is 3.90. The number of hydrogen-bond acceptors (Lipinski definition) is 9. The van der Waals surface area contributed by atoms with Gasteiger partial charge in [0.25, 0.3) is 0 Å². The third kappa shape index (κ3) is 4.77. The average Bonchev–Trinajstić information content (AvgIpc) is 3.27. The first-order valence-corrected chi connectivity index (χ1v) is 9.49. The van der Waals surface area contributed by atoms with Gasteiger partial charge in [-0.2, -0.15) is 5.10 Å². The number of aromatic nitrogens is 2. The summed E-state index contributed by atoms with van der Waals surface area (Å²) in [6.07, 6.45) is 2.15. The number of carbonyl (C=O) groups excluding carboxylic acids is 3. The first-order valence-electron chi connectivity index (χ1n) is 8.68. The van der Waals surface area contributed by atoms with E-state index < -0.39 is 28.8 Å². The zero-order chi connectivity index (χ0) is 21.7. The molecule has 2 rings (SSSR count). The van der Waals surface area contributed by atoms with Crippen molar-refractivity contribution in [1.82, 2.24) is 9.78 Å². The Morgan fingerprint density at radius 1 is 1.28 bits per heavy atom. The van der Waals surface area contributed by atoms with E-state index in [0.717, 1.165) is 28.4 Å². The highest BCUT2D eigenvalue weighted by atomic mass is 32.1. The number of anilines is 1. The maximum atomic E-state index is 12.6. The fourth-order valence-electron chi connectivity index (χ4n) is 2.41. The quantitative estimate of drug-likeness (QED) is 0.387. The molecule has 11 nitrogen and oxygen atoms in total. The van der Waals surface area contributed by atoms with Crippen molar-refractivity contribution < 1.29 is 28.8 Å². The molecule has 0 fully saturated rings. The van der Waals surface area contributed by atoms with Crippen molar-refractivity contribution in [2.24, 2.45) is 0 Å². The van der Waals surface area contributed by atoms with Gasteiger partial charge in [0.15, 0.2) is 0 Å². The SMILES string of the molecule is CCOC(=O)c1sc(NC(=O)C(C)n2cc([N+](=O)[O-])cn2)c(C(=O)OCC)c1C. The van der Waals surface area contributed by atoms with E-state index >= 15 is 0 Å². The largest absolute Gasteiger partial charge is 0.462 e. The summed E-state index contributed by atoms with van der Waals surface area (Å²) in [5.41, 5.74) is 0.143. The number of nitro groups is 1. The third-order valence-corrected chi connectivity index (χ3v) is 5.09. The van der Waals surface area contributed by atoms with Gasteiger partial charge in [-0.3, -0.25) is 19.6 Å². The molecule has 0 aliphatic heterocycles. The fourth-order valence-corrected chi connectivity index (χ4v) is 3.50. The van der Waals surface area contributed by atoms with E-state index in [9.17, 15) is 24.5 Å². The van der Waals surface area contributed by atoms with Gasteiger partial charge in [0.05, 0.1) is 23.7 Å². The molecule has 0 bridgehead atoms. The topological polar surface area (TPSA) is 143 Å². The molecule has 156 valence electrons. The second kappa shape index (κ2) is 9.28. The molecule has 2 heterocycles. The minimum atomic E-state index is -0.910. The summed E-state index contributed by atoms with van der Waals surface area (Å²) in [7, 11) is 0. The number of thiophene rings is 1. The molecule has 1 atom stereocenters. The van der Waals surface area contributed by atoms with Crippen molar-refractivity contribution in [3.63, 3.8) is 0 Å². The van der Waals surface area contributed by atoms with Gasteiger partial charge in [-0.1, -0.05) is 0 Å². The van der Waals surface area contributed by atoms with Gasteiger partial charge in [0.1, 0.15) is 28.3 Å².